The van der Waals surface area contributed by atoms with E-state index in [9.17, 15) is 4.79 Å². The highest BCUT2D eigenvalue weighted by Crippen LogP contribution is 2.26. The zero-order valence-electron chi connectivity index (χ0n) is 9.97. The summed E-state index contributed by atoms with van der Waals surface area (Å²) in [4.78, 5) is 12.5. The van der Waals surface area contributed by atoms with Crippen LogP contribution in [0.4, 0.5) is 11.4 Å². The van der Waals surface area contributed by atoms with E-state index >= 15 is 0 Å². The first-order valence-electron chi connectivity index (χ1n) is 5.66. The molecule has 4 heteroatoms. The lowest BCUT2D eigenvalue weighted by Gasteiger charge is -2.13. The van der Waals surface area contributed by atoms with Gasteiger partial charge in [-0.3, -0.25) is 4.79 Å². The molecular formula is C14H13N3O. The minimum absolute atomic E-state index is 0.0662. The molecule has 0 atom stereocenters. The van der Waals surface area contributed by atoms with Crippen LogP contribution in [0.1, 0.15) is 0 Å². The molecular weight excluding hydrogens is 226 g/mol. The van der Waals surface area contributed by atoms with E-state index in [-0.39, 0.29) is 5.43 Å². The molecule has 1 heterocycles. The minimum Gasteiger partial charge on any atom is -0.398 e. The van der Waals surface area contributed by atoms with Crippen molar-refractivity contribution >= 4 is 33.2 Å². The summed E-state index contributed by atoms with van der Waals surface area (Å²) >= 11 is 0. The van der Waals surface area contributed by atoms with Gasteiger partial charge in [-0.25, -0.2) is 0 Å². The molecule has 18 heavy (non-hydrogen) atoms. The predicted octanol–water partition coefficient (Wildman–Crippen LogP) is 1.86. The van der Waals surface area contributed by atoms with Crippen LogP contribution < -0.4 is 16.9 Å². The molecule has 0 radical (unpaired) electrons. The van der Waals surface area contributed by atoms with Crippen molar-refractivity contribution in [1.29, 1.82) is 0 Å². The Morgan fingerprint density at radius 1 is 1.00 bits per heavy atom. The van der Waals surface area contributed by atoms with Crippen molar-refractivity contribution < 1.29 is 0 Å². The van der Waals surface area contributed by atoms with Gasteiger partial charge < -0.3 is 16.0 Å². The van der Waals surface area contributed by atoms with Crippen LogP contribution in [0.25, 0.3) is 21.8 Å². The fourth-order valence-corrected chi connectivity index (χ4v) is 2.44. The number of aryl methyl sites for hydroxylation is 1. The van der Waals surface area contributed by atoms with E-state index in [1.165, 1.54) is 0 Å². The molecule has 0 aliphatic carbocycles. The minimum atomic E-state index is -0.0662. The number of nitrogens with zero attached hydrogens (tertiary/aromatic N) is 1. The van der Waals surface area contributed by atoms with E-state index in [0.29, 0.717) is 27.7 Å². The van der Waals surface area contributed by atoms with Crippen LogP contribution in [0.2, 0.25) is 0 Å². The molecule has 0 unspecified atom stereocenters. The first kappa shape index (κ1) is 10.7. The number of nitrogen functional groups attached to an aromatic ring is 2. The van der Waals surface area contributed by atoms with Crippen LogP contribution in [-0.2, 0) is 7.05 Å². The quantitative estimate of drug-likeness (QED) is 0.464. The second-order valence-corrected chi connectivity index (χ2v) is 4.37. The van der Waals surface area contributed by atoms with Crippen LogP contribution in [0.15, 0.2) is 41.2 Å². The van der Waals surface area contributed by atoms with Gasteiger partial charge in [0.05, 0.1) is 22.1 Å². The number of anilines is 2. The van der Waals surface area contributed by atoms with Gasteiger partial charge in [0, 0.05) is 18.1 Å². The number of pyridine rings is 1. The lowest BCUT2D eigenvalue weighted by atomic mass is 10.1. The molecule has 90 valence electrons. The Hall–Kier alpha value is -2.49. The second-order valence-electron chi connectivity index (χ2n) is 4.37. The van der Waals surface area contributed by atoms with Gasteiger partial charge in [0.1, 0.15) is 0 Å². The highest BCUT2D eigenvalue weighted by Gasteiger charge is 2.12. The van der Waals surface area contributed by atoms with E-state index in [0.717, 1.165) is 5.52 Å². The van der Waals surface area contributed by atoms with E-state index in [4.69, 9.17) is 11.5 Å². The number of benzene rings is 2. The molecule has 1 aromatic heterocycles. The van der Waals surface area contributed by atoms with Crippen LogP contribution in [0, 0.1) is 0 Å². The topological polar surface area (TPSA) is 74.0 Å². The van der Waals surface area contributed by atoms with E-state index in [1.807, 2.05) is 29.8 Å². The van der Waals surface area contributed by atoms with Gasteiger partial charge in [-0.15, -0.1) is 0 Å². The average molecular weight is 239 g/mol. The highest BCUT2D eigenvalue weighted by atomic mass is 16.1. The molecule has 2 aromatic carbocycles. The van der Waals surface area contributed by atoms with Crippen molar-refractivity contribution in [2.45, 2.75) is 0 Å². The van der Waals surface area contributed by atoms with Gasteiger partial charge in [0.15, 0.2) is 5.43 Å². The van der Waals surface area contributed by atoms with Gasteiger partial charge in [-0.05, 0) is 24.3 Å². The van der Waals surface area contributed by atoms with Gasteiger partial charge in [0.25, 0.3) is 0 Å². The summed E-state index contributed by atoms with van der Waals surface area (Å²) < 4.78 is 1.91. The third-order valence-corrected chi connectivity index (χ3v) is 3.31. The first-order valence-corrected chi connectivity index (χ1v) is 5.66. The molecule has 0 amide bonds. The molecule has 0 aliphatic heterocycles. The maximum Gasteiger partial charge on any atom is 0.199 e. The molecule has 3 rings (SSSR count). The van der Waals surface area contributed by atoms with Crippen molar-refractivity contribution in [3.8, 4) is 0 Å². The summed E-state index contributed by atoms with van der Waals surface area (Å²) in [7, 11) is 1.89. The van der Waals surface area contributed by atoms with Crippen molar-refractivity contribution in [3.63, 3.8) is 0 Å². The lowest BCUT2D eigenvalue weighted by Crippen LogP contribution is -2.12. The summed E-state index contributed by atoms with van der Waals surface area (Å²) in [6.07, 6.45) is 0. The Bertz CT molecular complexity index is 834. The van der Waals surface area contributed by atoms with Gasteiger partial charge in [0.2, 0.25) is 0 Å². The van der Waals surface area contributed by atoms with Crippen LogP contribution in [0.5, 0.6) is 0 Å². The summed E-state index contributed by atoms with van der Waals surface area (Å²) in [5, 5.41) is 1.15. The lowest BCUT2D eigenvalue weighted by molar-refractivity contribution is 1.00. The van der Waals surface area contributed by atoms with Crippen LogP contribution in [0.3, 0.4) is 0 Å². The zero-order valence-corrected chi connectivity index (χ0v) is 9.97. The van der Waals surface area contributed by atoms with Crippen LogP contribution in [-0.4, -0.2) is 4.57 Å². The fourth-order valence-electron chi connectivity index (χ4n) is 2.44. The highest BCUT2D eigenvalue weighted by molar-refractivity contribution is 6.04. The van der Waals surface area contributed by atoms with Crippen molar-refractivity contribution in [2.75, 3.05) is 11.5 Å². The monoisotopic (exact) mass is 239 g/mol. The number of nitrogens with two attached hydrogens (primary N) is 2. The van der Waals surface area contributed by atoms with Crippen LogP contribution >= 0.6 is 0 Å². The number of aromatic nitrogens is 1. The third kappa shape index (κ3) is 1.23. The van der Waals surface area contributed by atoms with Gasteiger partial charge >= 0.3 is 0 Å². The van der Waals surface area contributed by atoms with Crippen molar-refractivity contribution in [2.24, 2.45) is 7.05 Å². The molecule has 0 saturated heterocycles. The molecule has 0 aliphatic rings. The maximum atomic E-state index is 12.5. The Balaban J connectivity index is 2.77. The predicted molar refractivity (Wildman–Crippen MR) is 75.5 cm³/mol. The molecule has 0 fully saturated rings. The Morgan fingerprint density at radius 2 is 1.67 bits per heavy atom. The molecule has 0 bridgehead atoms. The van der Waals surface area contributed by atoms with Gasteiger partial charge in [-0.2, -0.15) is 0 Å². The van der Waals surface area contributed by atoms with Crippen molar-refractivity contribution in [3.05, 3.63) is 46.6 Å². The third-order valence-electron chi connectivity index (χ3n) is 3.31. The average Bonchev–Trinajstić information content (AvgIpc) is 2.38. The number of hydrogen-bond donors (Lipinski definition) is 2. The van der Waals surface area contributed by atoms with E-state index < -0.39 is 0 Å². The fraction of sp³-hybridized carbons (Fsp3) is 0.0714. The number of para-hydroxylation sites is 1. The summed E-state index contributed by atoms with van der Waals surface area (Å²) in [6, 6.07) is 10.9. The Labute approximate surface area is 103 Å². The molecule has 4 N–H and O–H groups in total. The number of hydrogen-bond acceptors (Lipinski definition) is 3. The first-order chi connectivity index (χ1) is 8.61. The molecule has 4 nitrogen and oxygen atoms in total. The van der Waals surface area contributed by atoms with Crippen molar-refractivity contribution in [1.82, 2.24) is 4.57 Å². The Morgan fingerprint density at radius 3 is 2.44 bits per heavy atom. The summed E-state index contributed by atoms with van der Waals surface area (Å²) in [6.45, 7) is 0. The summed E-state index contributed by atoms with van der Waals surface area (Å²) in [5.41, 5.74) is 14.4. The van der Waals surface area contributed by atoms with E-state index in [2.05, 4.69) is 0 Å². The van der Waals surface area contributed by atoms with E-state index in [1.54, 1.807) is 18.2 Å². The normalized spacial score (nSPS) is 11.2. The Kier molecular flexibility index (Phi) is 2.07. The molecule has 0 saturated carbocycles. The largest absolute Gasteiger partial charge is 0.398 e. The molecule has 0 spiro atoms. The number of rotatable bonds is 0. The maximum absolute atomic E-state index is 12.5. The number of fused-ring (bicyclic) bond motifs is 2. The van der Waals surface area contributed by atoms with Gasteiger partial charge in [-0.1, -0.05) is 12.1 Å². The molecule has 3 aromatic rings. The standard InChI is InChI=1S/C14H13N3O/c1-17-11-5-3-2-4-8(11)14(18)12-9(15)6-7-10(16)13(12)17/h2-7H,15-16H2,1H3. The smallest absolute Gasteiger partial charge is 0.199 e. The second kappa shape index (κ2) is 3.50. The zero-order chi connectivity index (χ0) is 12.9. The SMILES string of the molecule is Cn1c2ccccc2c(=O)c2c(N)ccc(N)c21. The summed E-state index contributed by atoms with van der Waals surface area (Å²) in [5.74, 6) is 0.